The SMILES string of the molecule is Cc1cc(C)nc(/N=C(/NC(=O)Nc2ccc(Cl)cc2)N2CCC(Cc3ccccc3)CC2)n1. The maximum Gasteiger partial charge on any atom is 0.326 e. The fraction of sp³-hybridized carbons (Fsp3) is 0.308. The predicted octanol–water partition coefficient (Wildman–Crippen LogP) is 5.51. The maximum absolute atomic E-state index is 12.8. The zero-order valence-electron chi connectivity index (χ0n) is 19.5. The van der Waals surface area contributed by atoms with Crippen LogP contribution in [0.25, 0.3) is 0 Å². The predicted molar refractivity (Wildman–Crippen MR) is 137 cm³/mol. The van der Waals surface area contributed by atoms with Crippen LogP contribution < -0.4 is 10.6 Å². The Morgan fingerprint density at radius 3 is 2.32 bits per heavy atom. The highest BCUT2D eigenvalue weighted by Crippen LogP contribution is 2.22. The molecule has 4 rings (SSSR count). The van der Waals surface area contributed by atoms with Crippen LogP contribution in [0.1, 0.15) is 29.8 Å². The fourth-order valence-electron chi connectivity index (χ4n) is 4.12. The van der Waals surface area contributed by atoms with Crippen LogP contribution in [0.4, 0.5) is 16.4 Å². The second kappa shape index (κ2) is 11.1. The highest BCUT2D eigenvalue weighted by atomic mass is 35.5. The molecule has 0 atom stereocenters. The number of carbonyl (C=O) groups excluding carboxylic acids is 1. The fourth-order valence-corrected chi connectivity index (χ4v) is 4.25. The topological polar surface area (TPSA) is 82.5 Å². The number of anilines is 1. The van der Waals surface area contributed by atoms with Gasteiger partial charge in [-0.2, -0.15) is 4.99 Å². The molecule has 2 aromatic carbocycles. The first-order valence-electron chi connectivity index (χ1n) is 11.5. The van der Waals surface area contributed by atoms with Gasteiger partial charge in [-0.3, -0.25) is 5.32 Å². The number of aliphatic imine (C=N–C) groups is 1. The van der Waals surface area contributed by atoms with Crippen LogP contribution in [-0.2, 0) is 6.42 Å². The number of hydrogen-bond donors (Lipinski definition) is 2. The van der Waals surface area contributed by atoms with E-state index in [0.29, 0.717) is 28.5 Å². The molecule has 34 heavy (non-hydrogen) atoms. The van der Waals surface area contributed by atoms with E-state index >= 15 is 0 Å². The number of amides is 2. The van der Waals surface area contributed by atoms with E-state index in [4.69, 9.17) is 11.6 Å². The van der Waals surface area contributed by atoms with E-state index in [1.807, 2.05) is 26.0 Å². The van der Waals surface area contributed by atoms with E-state index in [-0.39, 0.29) is 6.03 Å². The zero-order valence-corrected chi connectivity index (χ0v) is 20.2. The van der Waals surface area contributed by atoms with Crippen LogP contribution in [0.15, 0.2) is 65.7 Å². The van der Waals surface area contributed by atoms with Crippen molar-refractivity contribution < 1.29 is 4.79 Å². The maximum atomic E-state index is 12.8. The summed E-state index contributed by atoms with van der Waals surface area (Å²) in [5.41, 5.74) is 3.67. The van der Waals surface area contributed by atoms with Crippen LogP contribution in [0.2, 0.25) is 5.02 Å². The molecule has 2 heterocycles. The number of rotatable bonds is 4. The van der Waals surface area contributed by atoms with E-state index in [0.717, 1.165) is 43.7 Å². The van der Waals surface area contributed by atoms with Gasteiger partial charge in [-0.05, 0) is 74.9 Å². The summed E-state index contributed by atoms with van der Waals surface area (Å²) in [7, 11) is 0. The molecule has 7 nitrogen and oxygen atoms in total. The molecule has 176 valence electrons. The molecular formula is C26H29ClN6O. The number of benzene rings is 2. The van der Waals surface area contributed by atoms with Gasteiger partial charge in [0.1, 0.15) is 0 Å². The van der Waals surface area contributed by atoms with E-state index in [2.05, 4.69) is 54.8 Å². The number of aromatic nitrogens is 2. The number of nitrogens with one attached hydrogen (secondary N) is 2. The smallest absolute Gasteiger partial charge is 0.326 e. The molecule has 0 unspecified atom stereocenters. The minimum absolute atomic E-state index is 0.339. The van der Waals surface area contributed by atoms with Crippen molar-refractivity contribution in [2.45, 2.75) is 33.1 Å². The Balaban J connectivity index is 1.47. The molecule has 0 bridgehead atoms. The van der Waals surface area contributed by atoms with Crippen LogP contribution >= 0.6 is 11.6 Å². The van der Waals surface area contributed by atoms with Gasteiger partial charge in [-0.1, -0.05) is 41.9 Å². The molecule has 0 radical (unpaired) electrons. The van der Waals surface area contributed by atoms with Gasteiger partial charge in [0, 0.05) is 35.2 Å². The molecule has 1 aliphatic heterocycles. The van der Waals surface area contributed by atoms with E-state index in [9.17, 15) is 4.79 Å². The number of urea groups is 1. The molecule has 1 fully saturated rings. The lowest BCUT2D eigenvalue weighted by Gasteiger charge is -2.34. The molecule has 0 spiro atoms. The standard InChI is InChI=1S/C26H29ClN6O/c1-18-16-19(2)29-24(28-18)31-25(32-26(34)30-23-10-8-22(27)9-11-23)33-14-12-21(13-15-33)17-20-6-4-3-5-7-20/h3-11,16,21H,12-15,17H2,1-2H3,(H2,28,29,30,31,32,34). The van der Waals surface area contributed by atoms with Gasteiger partial charge in [0.15, 0.2) is 0 Å². The average molecular weight is 477 g/mol. The van der Waals surface area contributed by atoms with Gasteiger partial charge in [0.05, 0.1) is 0 Å². The summed E-state index contributed by atoms with van der Waals surface area (Å²) < 4.78 is 0. The van der Waals surface area contributed by atoms with E-state index in [1.165, 1.54) is 5.56 Å². The van der Waals surface area contributed by atoms with Gasteiger partial charge < -0.3 is 10.2 Å². The number of halogens is 1. The third kappa shape index (κ3) is 6.78. The lowest BCUT2D eigenvalue weighted by Crippen LogP contribution is -2.48. The Morgan fingerprint density at radius 1 is 1.03 bits per heavy atom. The summed E-state index contributed by atoms with van der Waals surface area (Å²) in [6, 6.07) is 19.1. The number of carbonyl (C=O) groups is 1. The van der Waals surface area contributed by atoms with Crippen molar-refractivity contribution in [1.29, 1.82) is 0 Å². The molecule has 0 saturated carbocycles. The van der Waals surface area contributed by atoms with Crippen molar-refractivity contribution in [3.05, 3.63) is 82.6 Å². The number of guanidine groups is 1. The first-order chi connectivity index (χ1) is 16.4. The molecule has 1 saturated heterocycles. The minimum atomic E-state index is -0.378. The number of likely N-dealkylation sites (tertiary alicyclic amines) is 1. The van der Waals surface area contributed by atoms with Gasteiger partial charge in [0.25, 0.3) is 5.95 Å². The highest BCUT2D eigenvalue weighted by Gasteiger charge is 2.23. The molecule has 1 aliphatic rings. The third-order valence-electron chi connectivity index (χ3n) is 5.79. The Bertz CT molecular complexity index is 1120. The van der Waals surface area contributed by atoms with Crippen LogP contribution in [0.3, 0.4) is 0 Å². The molecule has 0 aliphatic carbocycles. The molecular weight excluding hydrogens is 448 g/mol. The largest absolute Gasteiger partial charge is 0.342 e. The van der Waals surface area contributed by atoms with E-state index < -0.39 is 0 Å². The molecule has 1 aromatic heterocycles. The second-order valence-electron chi connectivity index (χ2n) is 8.59. The highest BCUT2D eigenvalue weighted by molar-refractivity contribution is 6.30. The quantitative estimate of drug-likeness (QED) is 0.384. The van der Waals surface area contributed by atoms with Crippen molar-refractivity contribution in [3.63, 3.8) is 0 Å². The summed E-state index contributed by atoms with van der Waals surface area (Å²) in [6.07, 6.45) is 3.09. The third-order valence-corrected chi connectivity index (χ3v) is 6.04. The lowest BCUT2D eigenvalue weighted by atomic mass is 9.90. The number of piperidine rings is 1. The first kappa shape index (κ1) is 23.7. The molecule has 2 N–H and O–H groups in total. The van der Waals surface area contributed by atoms with Gasteiger partial charge in [-0.25, -0.2) is 14.8 Å². The van der Waals surface area contributed by atoms with E-state index in [1.54, 1.807) is 24.3 Å². The first-order valence-corrected chi connectivity index (χ1v) is 11.9. The average Bonchev–Trinajstić information content (AvgIpc) is 2.81. The summed E-state index contributed by atoms with van der Waals surface area (Å²) in [6.45, 7) is 5.40. The Hall–Kier alpha value is -3.45. The number of hydrogen-bond acceptors (Lipinski definition) is 4. The monoisotopic (exact) mass is 476 g/mol. The van der Waals surface area contributed by atoms with Crippen molar-refractivity contribution in [3.8, 4) is 0 Å². The zero-order chi connectivity index (χ0) is 23.9. The van der Waals surface area contributed by atoms with Crippen molar-refractivity contribution in [1.82, 2.24) is 20.2 Å². The van der Waals surface area contributed by atoms with Gasteiger partial charge in [-0.15, -0.1) is 0 Å². The van der Waals surface area contributed by atoms with Gasteiger partial charge in [0.2, 0.25) is 5.96 Å². The second-order valence-corrected chi connectivity index (χ2v) is 9.03. The van der Waals surface area contributed by atoms with Gasteiger partial charge >= 0.3 is 6.03 Å². The summed E-state index contributed by atoms with van der Waals surface area (Å²) in [5, 5.41) is 6.36. The van der Waals surface area contributed by atoms with Crippen molar-refractivity contribution in [2.75, 3.05) is 18.4 Å². The molecule has 2 amide bonds. The van der Waals surface area contributed by atoms with Crippen molar-refractivity contribution in [2.24, 2.45) is 10.9 Å². The van der Waals surface area contributed by atoms with Crippen LogP contribution in [0.5, 0.6) is 0 Å². The summed E-state index contributed by atoms with van der Waals surface area (Å²) >= 11 is 5.94. The molecule has 3 aromatic rings. The van der Waals surface area contributed by atoms with Crippen LogP contribution in [0, 0.1) is 19.8 Å². The molecule has 8 heteroatoms. The Morgan fingerprint density at radius 2 is 1.68 bits per heavy atom. The van der Waals surface area contributed by atoms with Crippen molar-refractivity contribution >= 4 is 35.2 Å². The Labute approximate surface area is 205 Å². The summed E-state index contributed by atoms with van der Waals surface area (Å²) in [5.74, 6) is 1.39. The lowest BCUT2D eigenvalue weighted by molar-refractivity contribution is 0.246. The minimum Gasteiger partial charge on any atom is -0.342 e. The number of aryl methyl sites for hydroxylation is 2. The number of nitrogens with zero attached hydrogens (tertiary/aromatic N) is 4. The summed E-state index contributed by atoms with van der Waals surface area (Å²) in [4.78, 5) is 28.4. The van der Waals surface area contributed by atoms with Crippen LogP contribution in [-0.4, -0.2) is 39.9 Å². The normalized spacial score (nSPS) is 14.7. The Kier molecular flexibility index (Phi) is 7.75.